The van der Waals surface area contributed by atoms with Crippen molar-refractivity contribution in [2.45, 2.75) is 39.0 Å². The van der Waals surface area contributed by atoms with E-state index in [2.05, 4.69) is 31.4 Å². The van der Waals surface area contributed by atoms with Crippen molar-refractivity contribution in [3.63, 3.8) is 0 Å². The van der Waals surface area contributed by atoms with Crippen molar-refractivity contribution in [2.75, 3.05) is 12.0 Å². The first-order valence-corrected chi connectivity index (χ1v) is 9.56. The Bertz CT molecular complexity index is 588. The van der Waals surface area contributed by atoms with Crippen molar-refractivity contribution in [1.82, 2.24) is 4.98 Å². The van der Waals surface area contributed by atoms with E-state index in [-0.39, 0.29) is 0 Å². The molecule has 0 saturated heterocycles. The Balaban J connectivity index is 1.36. The number of anilines is 1. The summed E-state index contributed by atoms with van der Waals surface area (Å²) in [6, 6.07) is 1.91. The molecule has 4 nitrogen and oxygen atoms in total. The highest BCUT2D eigenvalue weighted by Gasteiger charge is 2.51. The van der Waals surface area contributed by atoms with Gasteiger partial charge in [-0.1, -0.05) is 0 Å². The van der Waals surface area contributed by atoms with Crippen LogP contribution in [0.4, 0.5) is 5.82 Å². The molecule has 1 aromatic rings. The highest BCUT2D eigenvalue weighted by molar-refractivity contribution is 9.10. The number of pyridine rings is 1. The van der Waals surface area contributed by atoms with Gasteiger partial charge in [0.25, 0.3) is 0 Å². The van der Waals surface area contributed by atoms with Crippen molar-refractivity contribution in [2.24, 2.45) is 34.7 Å². The molecule has 1 N–H and O–H groups in total. The summed E-state index contributed by atoms with van der Waals surface area (Å²) in [5, 5.41) is 4.00. The fraction of sp³-hybridized carbons (Fsp3) is 0.667. The van der Waals surface area contributed by atoms with Gasteiger partial charge >= 0.3 is 0 Å². The third-order valence-electron chi connectivity index (χ3n) is 6.09. The number of rotatable bonds is 5. The van der Waals surface area contributed by atoms with Crippen LogP contribution in [0.15, 0.2) is 21.8 Å². The van der Waals surface area contributed by atoms with Crippen LogP contribution in [0, 0.1) is 29.6 Å². The topological polar surface area (TPSA) is 46.5 Å². The summed E-state index contributed by atoms with van der Waals surface area (Å²) in [5.74, 6) is 6.35. The highest BCUT2D eigenvalue weighted by Crippen LogP contribution is 2.60. The zero-order valence-corrected chi connectivity index (χ0v) is 15.1. The first-order chi connectivity index (χ1) is 11.2. The molecule has 4 atom stereocenters. The summed E-state index contributed by atoms with van der Waals surface area (Å²) in [5.41, 5.74) is 2.90. The number of fused-ring (bicyclic) bond motifs is 5. The Hall–Kier alpha value is -1.10. The van der Waals surface area contributed by atoms with Crippen LogP contribution in [0.2, 0.25) is 0 Å². The number of ether oxygens (including phenoxy) is 1. The first-order valence-electron chi connectivity index (χ1n) is 8.76. The number of nitrogens with one attached hydrogen (secondary N) is 1. The predicted octanol–water partition coefficient (Wildman–Crippen LogP) is 4.71. The highest BCUT2D eigenvalue weighted by atomic mass is 79.9. The fourth-order valence-electron chi connectivity index (χ4n) is 5.20. The molecule has 3 aliphatic carbocycles. The van der Waals surface area contributed by atoms with Crippen LogP contribution in [0.5, 0.6) is 5.75 Å². The Morgan fingerprint density at radius 1 is 1.30 bits per heavy atom. The average molecular weight is 378 g/mol. The number of hydrazone groups is 1. The maximum absolute atomic E-state index is 6.12. The second-order valence-corrected chi connectivity index (χ2v) is 8.16. The minimum atomic E-state index is 0.711. The zero-order chi connectivity index (χ0) is 15.8. The van der Waals surface area contributed by atoms with E-state index in [4.69, 9.17) is 4.74 Å². The summed E-state index contributed by atoms with van der Waals surface area (Å²) >= 11 is 3.53. The molecule has 3 fully saturated rings. The van der Waals surface area contributed by atoms with Crippen molar-refractivity contribution in [3.8, 4) is 5.75 Å². The van der Waals surface area contributed by atoms with Crippen molar-refractivity contribution in [1.29, 1.82) is 0 Å². The van der Waals surface area contributed by atoms with E-state index in [1.807, 2.05) is 13.0 Å². The van der Waals surface area contributed by atoms with Gasteiger partial charge in [-0.3, -0.25) is 5.43 Å². The molecule has 4 rings (SSSR count). The van der Waals surface area contributed by atoms with Crippen molar-refractivity contribution >= 4 is 28.0 Å². The van der Waals surface area contributed by atoms with Crippen LogP contribution >= 0.6 is 15.9 Å². The number of nitrogens with zero attached hydrogens (tertiary/aromatic N) is 2. The van der Waals surface area contributed by atoms with Crippen LogP contribution in [-0.2, 0) is 0 Å². The van der Waals surface area contributed by atoms with E-state index in [1.54, 1.807) is 12.4 Å². The van der Waals surface area contributed by atoms with Crippen LogP contribution < -0.4 is 10.2 Å². The second-order valence-electron chi connectivity index (χ2n) is 7.31. The average Bonchev–Trinajstić information content (AvgIpc) is 3.25. The molecular weight excluding hydrogens is 354 g/mol. The van der Waals surface area contributed by atoms with Gasteiger partial charge in [0.1, 0.15) is 11.6 Å². The monoisotopic (exact) mass is 377 g/mol. The normalized spacial score (nSPS) is 35.0. The molecule has 3 saturated carbocycles. The van der Waals surface area contributed by atoms with Crippen molar-refractivity contribution < 1.29 is 4.74 Å². The Morgan fingerprint density at radius 2 is 2.04 bits per heavy atom. The molecule has 124 valence electrons. The van der Waals surface area contributed by atoms with Gasteiger partial charge in [-0.15, -0.1) is 0 Å². The lowest BCUT2D eigenvalue weighted by Crippen LogP contribution is -2.15. The standard InChI is InChI=1S/C18H24BrN3O/c1-2-21-22-18-8-17(16(19)9-20-18)23-10-11-5-14-12-3-4-13(7-12)15(14)6-11/h2,8-9,11-15H,3-7,10H2,1H3,(H,20,22)/b21-2-. The quantitative estimate of drug-likeness (QED) is 0.596. The van der Waals surface area contributed by atoms with Gasteiger partial charge < -0.3 is 4.74 Å². The molecule has 4 unspecified atom stereocenters. The third kappa shape index (κ3) is 3.00. The molecule has 0 radical (unpaired) electrons. The number of hydrogen-bond donors (Lipinski definition) is 1. The SMILES string of the molecule is C/C=N\Nc1cc(OCC2CC3C4CCC(C4)C3C2)c(Br)cn1. The van der Waals surface area contributed by atoms with E-state index in [1.165, 1.54) is 32.1 Å². The molecule has 0 spiro atoms. The summed E-state index contributed by atoms with van der Waals surface area (Å²) in [7, 11) is 0. The molecule has 1 heterocycles. The summed E-state index contributed by atoms with van der Waals surface area (Å²) in [6.07, 6.45) is 10.7. The van der Waals surface area contributed by atoms with Gasteiger partial charge in [-0.2, -0.15) is 5.10 Å². The molecule has 1 aromatic heterocycles. The smallest absolute Gasteiger partial charge is 0.149 e. The van der Waals surface area contributed by atoms with Gasteiger partial charge in [-0.05, 0) is 84.5 Å². The minimum Gasteiger partial charge on any atom is -0.492 e. The molecule has 23 heavy (non-hydrogen) atoms. The molecule has 0 aliphatic heterocycles. The molecule has 0 aromatic carbocycles. The van der Waals surface area contributed by atoms with Gasteiger partial charge in [0.05, 0.1) is 11.1 Å². The van der Waals surface area contributed by atoms with Crippen LogP contribution in [0.1, 0.15) is 39.0 Å². The third-order valence-corrected chi connectivity index (χ3v) is 6.68. The van der Waals surface area contributed by atoms with Crippen molar-refractivity contribution in [3.05, 3.63) is 16.7 Å². The Morgan fingerprint density at radius 3 is 2.74 bits per heavy atom. The van der Waals surface area contributed by atoms with Crippen LogP contribution in [0.3, 0.4) is 0 Å². The minimum absolute atomic E-state index is 0.711. The first kappa shape index (κ1) is 15.4. The van der Waals surface area contributed by atoms with Gasteiger partial charge in [-0.25, -0.2) is 4.98 Å². The van der Waals surface area contributed by atoms with Gasteiger partial charge in [0.2, 0.25) is 0 Å². The lowest BCUT2D eigenvalue weighted by Gasteiger charge is -2.23. The van der Waals surface area contributed by atoms with Gasteiger partial charge in [0, 0.05) is 18.5 Å². The number of aromatic nitrogens is 1. The number of halogens is 1. The maximum Gasteiger partial charge on any atom is 0.149 e. The molecule has 2 bridgehead atoms. The number of hydrogen-bond acceptors (Lipinski definition) is 4. The molecule has 0 amide bonds. The van der Waals surface area contributed by atoms with E-state index in [0.29, 0.717) is 5.82 Å². The summed E-state index contributed by atoms with van der Waals surface area (Å²) in [4.78, 5) is 4.28. The molecule has 3 aliphatic rings. The van der Waals surface area contributed by atoms with E-state index in [9.17, 15) is 0 Å². The van der Waals surface area contributed by atoms with E-state index in [0.717, 1.165) is 46.4 Å². The molecule has 5 heteroatoms. The maximum atomic E-state index is 6.12. The lowest BCUT2D eigenvalue weighted by molar-refractivity contribution is 0.238. The summed E-state index contributed by atoms with van der Waals surface area (Å²) < 4.78 is 7.02. The van der Waals surface area contributed by atoms with Crippen LogP contribution in [-0.4, -0.2) is 17.8 Å². The summed E-state index contributed by atoms with van der Waals surface area (Å²) in [6.45, 7) is 2.69. The Kier molecular flexibility index (Phi) is 4.31. The second kappa shape index (κ2) is 6.42. The van der Waals surface area contributed by atoms with Crippen LogP contribution in [0.25, 0.3) is 0 Å². The predicted molar refractivity (Wildman–Crippen MR) is 95.8 cm³/mol. The van der Waals surface area contributed by atoms with E-state index < -0.39 is 0 Å². The largest absolute Gasteiger partial charge is 0.492 e. The Labute approximate surface area is 146 Å². The molecular formula is C18H24BrN3O. The zero-order valence-electron chi connectivity index (χ0n) is 13.5. The van der Waals surface area contributed by atoms with E-state index >= 15 is 0 Å². The van der Waals surface area contributed by atoms with Gasteiger partial charge in [0.15, 0.2) is 0 Å². The lowest BCUT2D eigenvalue weighted by atomic mass is 9.82. The fourth-order valence-corrected chi connectivity index (χ4v) is 5.53.